The Labute approximate surface area is 130 Å². The predicted molar refractivity (Wildman–Crippen MR) is 78.6 cm³/mol. The second-order valence-corrected chi connectivity index (χ2v) is 8.30. The number of nitrogens with one attached hydrogen (secondary N) is 1. The maximum Gasteiger partial charge on any atom is 0.271 e. The summed E-state index contributed by atoms with van der Waals surface area (Å²) in [6, 6.07) is 3.06. The van der Waals surface area contributed by atoms with Crippen molar-refractivity contribution in [2.75, 3.05) is 10.5 Å². The molecule has 1 heterocycles. The van der Waals surface area contributed by atoms with Gasteiger partial charge in [-0.15, -0.1) is 11.3 Å². The van der Waals surface area contributed by atoms with E-state index >= 15 is 0 Å². The van der Waals surface area contributed by atoms with Crippen molar-refractivity contribution < 1.29 is 17.2 Å². The van der Waals surface area contributed by atoms with E-state index < -0.39 is 27.3 Å². The fraction of sp³-hybridized carbons (Fsp3) is 0. The molecule has 0 radical (unpaired) electrons. The molecule has 4 nitrogen and oxygen atoms in total. The summed E-state index contributed by atoms with van der Waals surface area (Å²) in [6.45, 7) is 0. The molecule has 10 heteroatoms. The van der Waals surface area contributed by atoms with E-state index in [1.54, 1.807) is 0 Å². The highest BCUT2D eigenvalue weighted by molar-refractivity contribution is 9.11. The van der Waals surface area contributed by atoms with Crippen LogP contribution in [-0.2, 0) is 10.0 Å². The molecule has 2 rings (SSSR count). The number of hydrogen-bond donors (Lipinski definition) is 2. The largest absolute Gasteiger partial charge is 0.397 e. The summed E-state index contributed by atoms with van der Waals surface area (Å²) in [4.78, 5) is 0. The van der Waals surface area contributed by atoms with E-state index in [9.17, 15) is 17.2 Å². The fourth-order valence-corrected chi connectivity index (χ4v) is 4.80. The number of nitrogen functional groups attached to an aromatic ring is 1. The van der Waals surface area contributed by atoms with Gasteiger partial charge in [0.1, 0.15) is 9.90 Å². The van der Waals surface area contributed by atoms with E-state index in [1.807, 2.05) is 4.72 Å². The zero-order chi connectivity index (χ0) is 15.1. The van der Waals surface area contributed by atoms with Crippen molar-refractivity contribution in [1.29, 1.82) is 0 Å². The van der Waals surface area contributed by atoms with E-state index in [0.29, 0.717) is 3.79 Å². The average molecular weight is 404 g/mol. The molecule has 2 aromatic rings. The van der Waals surface area contributed by atoms with Crippen LogP contribution in [0.5, 0.6) is 0 Å². The molecule has 0 saturated carbocycles. The standard InChI is InChI=1S/C10H6BrClF2N2O2S2/c11-10-4(12)3-7(19-10)20(17,18)16-9-6(15)2-1-5(13)8(9)14/h1-3,16H,15H2. The highest BCUT2D eigenvalue weighted by Crippen LogP contribution is 2.36. The van der Waals surface area contributed by atoms with Gasteiger partial charge < -0.3 is 5.73 Å². The Bertz CT molecular complexity index is 760. The van der Waals surface area contributed by atoms with E-state index in [4.69, 9.17) is 17.3 Å². The highest BCUT2D eigenvalue weighted by Gasteiger charge is 2.23. The Morgan fingerprint density at radius 3 is 2.55 bits per heavy atom. The van der Waals surface area contributed by atoms with Gasteiger partial charge in [0.2, 0.25) is 0 Å². The summed E-state index contributed by atoms with van der Waals surface area (Å²) in [5.74, 6) is -2.57. The number of rotatable bonds is 3. The van der Waals surface area contributed by atoms with Crippen molar-refractivity contribution in [3.05, 3.63) is 38.6 Å². The number of halogens is 4. The minimum absolute atomic E-state index is 0.155. The van der Waals surface area contributed by atoms with Gasteiger partial charge in [-0.05, 0) is 34.1 Å². The van der Waals surface area contributed by atoms with Crippen LogP contribution in [-0.4, -0.2) is 8.42 Å². The normalized spacial score (nSPS) is 11.6. The van der Waals surface area contributed by atoms with Crippen LogP contribution in [0.4, 0.5) is 20.2 Å². The van der Waals surface area contributed by atoms with Gasteiger partial charge in [0, 0.05) is 0 Å². The molecule has 1 aromatic heterocycles. The third kappa shape index (κ3) is 2.90. The maximum atomic E-state index is 13.6. The zero-order valence-electron chi connectivity index (χ0n) is 9.45. The summed E-state index contributed by atoms with van der Waals surface area (Å²) in [5, 5.41) is 0.197. The number of nitrogens with two attached hydrogens (primary N) is 1. The first kappa shape index (κ1) is 15.5. The lowest BCUT2D eigenvalue weighted by atomic mass is 10.2. The van der Waals surface area contributed by atoms with Gasteiger partial charge in [-0.3, -0.25) is 4.72 Å². The van der Waals surface area contributed by atoms with Crippen LogP contribution in [0.15, 0.2) is 26.2 Å². The fourth-order valence-electron chi connectivity index (χ4n) is 1.31. The molecule has 108 valence electrons. The molecule has 0 unspecified atom stereocenters. The van der Waals surface area contributed by atoms with Gasteiger partial charge in [-0.25, -0.2) is 17.2 Å². The minimum atomic E-state index is -4.11. The smallest absolute Gasteiger partial charge is 0.271 e. The Balaban J connectivity index is 2.46. The highest BCUT2D eigenvalue weighted by atomic mass is 79.9. The van der Waals surface area contributed by atoms with Crippen LogP contribution in [0, 0.1) is 11.6 Å². The molecule has 20 heavy (non-hydrogen) atoms. The molecule has 0 amide bonds. The molecule has 0 saturated heterocycles. The monoisotopic (exact) mass is 402 g/mol. The Kier molecular flexibility index (Phi) is 4.24. The van der Waals surface area contributed by atoms with Crippen molar-refractivity contribution in [2.45, 2.75) is 4.21 Å². The van der Waals surface area contributed by atoms with Crippen molar-refractivity contribution in [3.8, 4) is 0 Å². The first-order valence-electron chi connectivity index (χ1n) is 4.93. The van der Waals surface area contributed by atoms with Crippen LogP contribution in [0.2, 0.25) is 5.02 Å². The average Bonchev–Trinajstić information content (AvgIpc) is 2.71. The second-order valence-electron chi connectivity index (χ2n) is 3.62. The van der Waals surface area contributed by atoms with Gasteiger partial charge in [0.25, 0.3) is 10.0 Å². The van der Waals surface area contributed by atoms with E-state index in [1.165, 1.54) is 6.07 Å². The third-order valence-electron chi connectivity index (χ3n) is 2.25. The lowest BCUT2D eigenvalue weighted by Crippen LogP contribution is -2.14. The van der Waals surface area contributed by atoms with E-state index in [-0.39, 0.29) is 14.9 Å². The SMILES string of the molecule is Nc1ccc(F)c(F)c1NS(=O)(=O)c1cc(Cl)c(Br)s1. The van der Waals surface area contributed by atoms with Gasteiger partial charge >= 0.3 is 0 Å². The number of sulfonamides is 1. The molecule has 3 N–H and O–H groups in total. The van der Waals surface area contributed by atoms with Crippen molar-refractivity contribution in [1.82, 2.24) is 0 Å². The lowest BCUT2D eigenvalue weighted by Gasteiger charge is -2.10. The quantitative estimate of drug-likeness (QED) is 0.765. The third-order valence-corrected chi connectivity index (χ3v) is 6.55. The number of thiophene rings is 1. The molecule has 0 bridgehead atoms. The molecule has 0 aliphatic carbocycles. The molecule has 0 aliphatic heterocycles. The first-order chi connectivity index (χ1) is 9.22. The second kappa shape index (κ2) is 5.47. The van der Waals surface area contributed by atoms with Gasteiger partial charge in [-0.1, -0.05) is 11.6 Å². The van der Waals surface area contributed by atoms with Gasteiger partial charge in [0.05, 0.1) is 14.5 Å². The molecule has 0 spiro atoms. The van der Waals surface area contributed by atoms with Crippen molar-refractivity contribution in [3.63, 3.8) is 0 Å². The minimum Gasteiger partial charge on any atom is -0.397 e. The number of benzene rings is 1. The Hall–Kier alpha value is -0.900. The zero-order valence-corrected chi connectivity index (χ0v) is 13.4. The van der Waals surface area contributed by atoms with E-state index in [0.717, 1.165) is 23.5 Å². The summed E-state index contributed by atoms with van der Waals surface area (Å²) >= 11 is 9.64. The molecular weight excluding hydrogens is 398 g/mol. The van der Waals surface area contributed by atoms with Crippen molar-refractivity contribution >= 4 is 60.3 Å². The molecule has 1 aromatic carbocycles. The summed E-state index contributed by atoms with van der Waals surface area (Å²) in [7, 11) is -4.11. The Morgan fingerprint density at radius 2 is 2.00 bits per heavy atom. The van der Waals surface area contributed by atoms with Crippen molar-refractivity contribution in [2.24, 2.45) is 0 Å². The number of hydrogen-bond acceptors (Lipinski definition) is 4. The predicted octanol–water partition coefficient (Wildman–Crippen LogP) is 3.83. The van der Waals surface area contributed by atoms with Crippen LogP contribution in [0.3, 0.4) is 0 Å². The molecule has 0 aliphatic rings. The Morgan fingerprint density at radius 1 is 1.35 bits per heavy atom. The molecule has 0 fully saturated rings. The topological polar surface area (TPSA) is 72.2 Å². The summed E-state index contributed by atoms with van der Waals surface area (Å²) in [6.07, 6.45) is 0. The summed E-state index contributed by atoms with van der Waals surface area (Å²) in [5.41, 5.74) is 4.58. The number of anilines is 2. The van der Waals surface area contributed by atoms with Crippen LogP contribution in [0.25, 0.3) is 0 Å². The maximum absolute atomic E-state index is 13.6. The van der Waals surface area contributed by atoms with Gasteiger partial charge in [-0.2, -0.15) is 0 Å². The lowest BCUT2D eigenvalue weighted by molar-refractivity contribution is 0.512. The van der Waals surface area contributed by atoms with E-state index in [2.05, 4.69) is 15.9 Å². The van der Waals surface area contributed by atoms with Crippen LogP contribution < -0.4 is 10.5 Å². The molecule has 0 atom stereocenters. The van der Waals surface area contributed by atoms with Crippen LogP contribution in [0.1, 0.15) is 0 Å². The van der Waals surface area contributed by atoms with Gasteiger partial charge in [0.15, 0.2) is 11.6 Å². The first-order valence-corrected chi connectivity index (χ1v) is 8.40. The molecular formula is C10H6BrClF2N2O2S2. The van der Waals surface area contributed by atoms with Crippen LogP contribution >= 0.6 is 38.9 Å². The summed E-state index contributed by atoms with van der Waals surface area (Å²) < 4.78 is 53.0.